The highest BCUT2D eigenvalue weighted by molar-refractivity contribution is 14.1. The highest BCUT2D eigenvalue weighted by Gasteiger charge is 2.29. The fourth-order valence-electron chi connectivity index (χ4n) is 1.90. The molecular formula is C12H16FIN2O2. The van der Waals surface area contributed by atoms with Gasteiger partial charge in [0.05, 0.1) is 20.5 Å². The van der Waals surface area contributed by atoms with E-state index in [1.807, 2.05) is 22.6 Å². The van der Waals surface area contributed by atoms with Crippen molar-refractivity contribution in [3.63, 3.8) is 0 Å². The summed E-state index contributed by atoms with van der Waals surface area (Å²) in [5.41, 5.74) is 6.01. The maximum absolute atomic E-state index is 13.4. The number of ether oxygens (including phenoxy) is 1. The van der Waals surface area contributed by atoms with Crippen LogP contribution in [0.4, 0.5) is 15.8 Å². The van der Waals surface area contributed by atoms with Crippen LogP contribution in [0.5, 0.6) is 0 Å². The van der Waals surface area contributed by atoms with Crippen LogP contribution in [0, 0.1) is 9.39 Å². The van der Waals surface area contributed by atoms with Gasteiger partial charge in [-0.05, 0) is 28.7 Å². The summed E-state index contributed by atoms with van der Waals surface area (Å²) in [5, 5.41) is 13.3. The molecule has 4 N–H and O–H groups in total. The Morgan fingerprint density at radius 2 is 2.11 bits per heavy atom. The Bertz CT molecular complexity index is 436. The SMILES string of the molecule is Nc1cc(I)c(F)cc1NCC1(O)CCOCC1. The lowest BCUT2D eigenvalue weighted by Crippen LogP contribution is -2.42. The first-order valence-corrected chi connectivity index (χ1v) is 6.87. The van der Waals surface area contributed by atoms with Crippen molar-refractivity contribution in [3.8, 4) is 0 Å². The van der Waals surface area contributed by atoms with Gasteiger partial charge in [0.1, 0.15) is 5.82 Å². The maximum atomic E-state index is 13.4. The monoisotopic (exact) mass is 366 g/mol. The lowest BCUT2D eigenvalue weighted by Gasteiger charge is -2.32. The lowest BCUT2D eigenvalue weighted by atomic mass is 9.94. The summed E-state index contributed by atoms with van der Waals surface area (Å²) in [7, 11) is 0. The van der Waals surface area contributed by atoms with E-state index < -0.39 is 5.60 Å². The van der Waals surface area contributed by atoms with E-state index in [9.17, 15) is 9.50 Å². The predicted molar refractivity (Wildman–Crippen MR) is 77.0 cm³/mol. The second-order valence-electron chi connectivity index (χ2n) is 4.54. The summed E-state index contributed by atoms with van der Waals surface area (Å²) < 4.78 is 19.1. The van der Waals surface area contributed by atoms with Crippen molar-refractivity contribution < 1.29 is 14.2 Å². The van der Waals surface area contributed by atoms with E-state index in [1.54, 1.807) is 6.07 Å². The Hall–Kier alpha value is -0.600. The normalized spacial score (nSPS) is 18.6. The molecule has 1 heterocycles. The van der Waals surface area contributed by atoms with E-state index in [1.165, 1.54) is 6.07 Å². The molecule has 0 aliphatic carbocycles. The third-order valence-corrected chi connectivity index (χ3v) is 3.95. The van der Waals surface area contributed by atoms with Gasteiger partial charge in [-0.15, -0.1) is 0 Å². The fourth-order valence-corrected chi connectivity index (χ4v) is 2.39. The zero-order chi connectivity index (χ0) is 13.2. The van der Waals surface area contributed by atoms with Crippen LogP contribution in [0.1, 0.15) is 12.8 Å². The Balaban J connectivity index is 2.03. The third-order valence-electron chi connectivity index (χ3n) is 3.12. The summed E-state index contributed by atoms with van der Waals surface area (Å²) in [5.74, 6) is -0.314. The van der Waals surface area contributed by atoms with Crippen LogP contribution >= 0.6 is 22.6 Å². The highest BCUT2D eigenvalue weighted by atomic mass is 127. The summed E-state index contributed by atoms with van der Waals surface area (Å²) >= 11 is 1.89. The minimum atomic E-state index is -0.801. The first-order valence-electron chi connectivity index (χ1n) is 5.79. The van der Waals surface area contributed by atoms with Crippen LogP contribution in [0.2, 0.25) is 0 Å². The second-order valence-corrected chi connectivity index (χ2v) is 5.71. The van der Waals surface area contributed by atoms with Crippen LogP contribution in [-0.4, -0.2) is 30.5 Å². The molecule has 0 spiro atoms. The average Bonchev–Trinajstić information content (AvgIpc) is 2.33. The molecule has 0 aromatic heterocycles. The van der Waals surface area contributed by atoms with Gasteiger partial charge in [-0.2, -0.15) is 0 Å². The molecule has 0 radical (unpaired) electrons. The molecular weight excluding hydrogens is 350 g/mol. The summed E-state index contributed by atoms with van der Waals surface area (Å²) in [4.78, 5) is 0. The number of nitrogen functional groups attached to an aromatic ring is 1. The van der Waals surface area contributed by atoms with Crippen molar-refractivity contribution in [2.45, 2.75) is 18.4 Å². The second kappa shape index (κ2) is 5.58. The molecule has 1 fully saturated rings. The largest absolute Gasteiger partial charge is 0.397 e. The van der Waals surface area contributed by atoms with Crippen molar-refractivity contribution in [2.75, 3.05) is 30.8 Å². The van der Waals surface area contributed by atoms with Crippen LogP contribution in [0.15, 0.2) is 12.1 Å². The molecule has 0 amide bonds. The van der Waals surface area contributed by atoms with Gasteiger partial charge < -0.3 is 20.9 Å². The zero-order valence-corrected chi connectivity index (χ0v) is 12.0. The van der Waals surface area contributed by atoms with Crippen LogP contribution < -0.4 is 11.1 Å². The number of hydrogen-bond acceptors (Lipinski definition) is 4. The molecule has 1 aliphatic rings. The highest BCUT2D eigenvalue weighted by Crippen LogP contribution is 2.26. The Labute approximate surface area is 119 Å². The summed E-state index contributed by atoms with van der Waals surface area (Å²) in [6, 6.07) is 2.94. The molecule has 18 heavy (non-hydrogen) atoms. The number of aliphatic hydroxyl groups is 1. The summed E-state index contributed by atoms with van der Waals surface area (Å²) in [6.07, 6.45) is 1.15. The number of halogens is 2. The number of hydrogen-bond donors (Lipinski definition) is 3. The Morgan fingerprint density at radius 3 is 2.78 bits per heavy atom. The topological polar surface area (TPSA) is 67.5 Å². The van der Waals surface area contributed by atoms with Gasteiger partial charge in [0, 0.05) is 38.7 Å². The molecule has 1 aromatic rings. The minimum Gasteiger partial charge on any atom is -0.397 e. The molecule has 1 aliphatic heterocycles. The minimum absolute atomic E-state index is 0.314. The predicted octanol–water partition coefficient (Wildman–Crippen LogP) is 1.97. The van der Waals surface area contributed by atoms with Gasteiger partial charge in [0.25, 0.3) is 0 Å². The average molecular weight is 366 g/mol. The van der Waals surface area contributed by atoms with Crippen molar-refractivity contribution in [1.29, 1.82) is 0 Å². The smallest absolute Gasteiger partial charge is 0.138 e. The third kappa shape index (κ3) is 3.24. The molecule has 1 saturated heterocycles. The van der Waals surface area contributed by atoms with E-state index in [-0.39, 0.29) is 5.82 Å². The van der Waals surface area contributed by atoms with Gasteiger partial charge in [-0.1, -0.05) is 0 Å². The number of benzene rings is 1. The van der Waals surface area contributed by atoms with Crippen molar-refractivity contribution >= 4 is 34.0 Å². The number of anilines is 2. The summed E-state index contributed by atoms with van der Waals surface area (Å²) in [6.45, 7) is 1.45. The quantitative estimate of drug-likeness (QED) is 0.565. The van der Waals surface area contributed by atoms with Crippen LogP contribution in [0.3, 0.4) is 0 Å². The molecule has 0 bridgehead atoms. The van der Waals surface area contributed by atoms with Gasteiger partial charge >= 0.3 is 0 Å². The number of nitrogens with two attached hydrogens (primary N) is 1. The number of nitrogens with one attached hydrogen (secondary N) is 1. The van der Waals surface area contributed by atoms with E-state index in [0.29, 0.717) is 47.5 Å². The Morgan fingerprint density at radius 1 is 1.44 bits per heavy atom. The molecule has 4 nitrogen and oxygen atoms in total. The van der Waals surface area contributed by atoms with Gasteiger partial charge in [0.2, 0.25) is 0 Å². The maximum Gasteiger partial charge on any atom is 0.138 e. The van der Waals surface area contributed by atoms with E-state index >= 15 is 0 Å². The molecule has 0 saturated carbocycles. The van der Waals surface area contributed by atoms with Crippen LogP contribution in [-0.2, 0) is 4.74 Å². The van der Waals surface area contributed by atoms with Crippen LogP contribution in [0.25, 0.3) is 0 Å². The lowest BCUT2D eigenvalue weighted by molar-refractivity contribution is -0.0543. The van der Waals surface area contributed by atoms with Crippen molar-refractivity contribution in [2.24, 2.45) is 0 Å². The first-order chi connectivity index (χ1) is 8.50. The molecule has 0 atom stereocenters. The van der Waals surface area contributed by atoms with Gasteiger partial charge in [-0.25, -0.2) is 4.39 Å². The van der Waals surface area contributed by atoms with E-state index in [2.05, 4.69) is 5.32 Å². The molecule has 1 aromatic carbocycles. The van der Waals surface area contributed by atoms with Crippen molar-refractivity contribution in [3.05, 3.63) is 21.5 Å². The molecule has 2 rings (SSSR count). The first kappa shape index (κ1) is 13.8. The standard InChI is InChI=1S/C12H16FIN2O2/c13-8-5-11(10(15)6-9(8)14)16-7-12(17)1-3-18-4-2-12/h5-6,16-17H,1-4,7,15H2. The fraction of sp³-hybridized carbons (Fsp3) is 0.500. The van der Waals surface area contributed by atoms with E-state index in [4.69, 9.17) is 10.5 Å². The van der Waals surface area contributed by atoms with Gasteiger partial charge in [0.15, 0.2) is 0 Å². The molecule has 100 valence electrons. The number of rotatable bonds is 3. The Kier molecular flexibility index (Phi) is 4.29. The van der Waals surface area contributed by atoms with Crippen molar-refractivity contribution in [1.82, 2.24) is 0 Å². The van der Waals surface area contributed by atoms with E-state index in [0.717, 1.165) is 0 Å². The molecule has 6 heteroatoms. The molecule has 0 unspecified atom stereocenters. The van der Waals surface area contributed by atoms with Gasteiger partial charge in [-0.3, -0.25) is 0 Å². The zero-order valence-electron chi connectivity index (χ0n) is 9.88.